The standard InChI is InChI=1S/C28H32N6O3/c1-27(2,3)23-13-22-25(36)32(10-11-34(22)31-23)21(12-17-8-9-17)24(35)33-16-28(14-18(33)15-29)19-6-4-5-7-20(19)30-26(28)37/h4-7,13,17-18,21H,8-12,14,16H2,1-3H3,(H,30,37)/t18-,21-,28-/m0/s1. The Labute approximate surface area is 216 Å². The lowest BCUT2D eigenvalue weighted by atomic mass is 9.80. The second-order valence-electron chi connectivity index (χ2n) is 12.0. The monoisotopic (exact) mass is 500 g/mol. The third kappa shape index (κ3) is 3.73. The van der Waals surface area contributed by atoms with Gasteiger partial charge in [0.15, 0.2) is 0 Å². The summed E-state index contributed by atoms with van der Waals surface area (Å²) in [6, 6.07) is 10.2. The molecule has 1 N–H and O–H groups in total. The van der Waals surface area contributed by atoms with Crippen molar-refractivity contribution in [1.82, 2.24) is 19.6 Å². The highest BCUT2D eigenvalue weighted by molar-refractivity contribution is 6.07. The van der Waals surface area contributed by atoms with Gasteiger partial charge in [-0.3, -0.25) is 19.1 Å². The zero-order chi connectivity index (χ0) is 26.1. The van der Waals surface area contributed by atoms with Gasteiger partial charge in [-0.25, -0.2) is 0 Å². The molecule has 3 aliphatic heterocycles. The van der Waals surface area contributed by atoms with Crippen molar-refractivity contribution in [3.8, 4) is 6.07 Å². The van der Waals surface area contributed by atoms with Crippen LogP contribution in [-0.2, 0) is 27.0 Å². The minimum atomic E-state index is -0.942. The van der Waals surface area contributed by atoms with Crippen molar-refractivity contribution >= 4 is 23.4 Å². The molecule has 37 heavy (non-hydrogen) atoms. The van der Waals surface area contributed by atoms with Crippen LogP contribution in [0, 0.1) is 17.2 Å². The summed E-state index contributed by atoms with van der Waals surface area (Å²) >= 11 is 0. The number of nitrogens with one attached hydrogen (secondary N) is 1. The van der Waals surface area contributed by atoms with Crippen molar-refractivity contribution in [1.29, 1.82) is 5.26 Å². The highest BCUT2D eigenvalue weighted by Gasteiger charge is 2.57. The number of anilines is 1. The van der Waals surface area contributed by atoms with Gasteiger partial charge in [-0.1, -0.05) is 51.8 Å². The Balaban J connectivity index is 1.32. The molecular weight excluding hydrogens is 468 g/mol. The summed E-state index contributed by atoms with van der Waals surface area (Å²) in [6.07, 6.45) is 2.91. The lowest BCUT2D eigenvalue weighted by Gasteiger charge is -2.37. The number of rotatable bonds is 4. The third-order valence-corrected chi connectivity index (χ3v) is 8.41. The van der Waals surface area contributed by atoms with E-state index in [9.17, 15) is 19.6 Å². The van der Waals surface area contributed by atoms with Gasteiger partial charge in [0.2, 0.25) is 11.8 Å². The lowest BCUT2D eigenvalue weighted by Crippen LogP contribution is -2.55. The van der Waals surface area contributed by atoms with Crippen molar-refractivity contribution in [2.45, 2.75) is 75.9 Å². The highest BCUT2D eigenvalue weighted by Crippen LogP contribution is 2.47. The van der Waals surface area contributed by atoms with Crippen molar-refractivity contribution in [3.63, 3.8) is 0 Å². The summed E-state index contributed by atoms with van der Waals surface area (Å²) in [5, 5.41) is 17.6. The van der Waals surface area contributed by atoms with Crippen LogP contribution in [0.15, 0.2) is 30.3 Å². The molecule has 3 amide bonds. The van der Waals surface area contributed by atoms with Crippen molar-refractivity contribution < 1.29 is 14.4 Å². The molecule has 1 spiro atoms. The predicted octanol–water partition coefficient (Wildman–Crippen LogP) is 2.82. The van der Waals surface area contributed by atoms with Gasteiger partial charge >= 0.3 is 0 Å². The second kappa shape index (κ2) is 8.17. The van der Waals surface area contributed by atoms with E-state index in [4.69, 9.17) is 0 Å². The molecule has 9 heteroatoms. The van der Waals surface area contributed by atoms with Crippen LogP contribution in [0.25, 0.3) is 0 Å². The molecule has 1 saturated carbocycles. The SMILES string of the molecule is CC(C)(C)c1cc2n(n1)CCN([C@@H](CC1CC1)C(=O)N1C[C@]3(C[C@H]1C#N)C(=O)Nc1ccccc13)C2=O. The van der Waals surface area contributed by atoms with Gasteiger partial charge < -0.3 is 15.1 Å². The van der Waals surface area contributed by atoms with E-state index in [1.807, 2.05) is 30.3 Å². The van der Waals surface area contributed by atoms with Crippen LogP contribution in [0.3, 0.4) is 0 Å². The minimum Gasteiger partial charge on any atom is -0.325 e. The van der Waals surface area contributed by atoms with E-state index in [0.29, 0.717) is 31.1 Å². The molecule has 0 unspecified atom stereocenters. The third-order valence-electron chi connectivity index (χ3n) is 8.41. The first-order valence-corrected chi connectivity index (χ1v) is 13.1. The van der Waals surface area contributed by atoms with Crippen LogP contribution in [-0.4, -0.2) is 62.5 Å². The van der Waals surface area contributed by atoms with E-state index < -0.39 is 17.5 Å². The van der Waals surface area contributed by atoms with Crippen LogP contribution in [0.1, 0.15) is 68.2 Å². The Morgan fingerprint density at radius 1 is 1.24 bits per heavy atom. The molecule has 4 aliphatic rings. The van der Waals surface area contributed by atoms with Gasteiger partial charge in [0.1, 0.15) is 17.8 Å². The maximum absolute atomic E-state index is 14.2. The predicted molar refractivity (Wildman–Crippen MR) is 136 cm³/mol. The lowest BCUT2D eigenvalue weighted by molar-refractivity contribution is -0.137. The van der Waals surface area contributed by atoms with Gasteiger partial charge in [-0.05, 0) is 30.0 Å². The number of aromatic nitrogens is 2. The van der Waals surface area contributed by atoms with Gasteiger partial charge in [0.05, 0.1) is 23.7 Å². The largest absolute Gasteiger partial charge is 0.325 e. The number of likely N-dealkylation sites (tertiary alicyclic amines) is 1. The van der Waals surface area contributed by atoms with Crippen molar-refractivity contribution in [3.05, 3.63) is 47.3 Å². The molecule has 2 aromatic rings. The number of hydrogen-bond acceptors (Lipinski definition) is 5. The van der Waals surface area contributed by atoms with Gasteiger partial charge in [-0.2, -0.15) is 10.4 Å². The molecule has 1 aromatic carbocycles. The van der Waals surface area contributed by atoms with Crippen LogP contribution < -0.4 is 5.32 Å². The number of fused-ring (bicyclic) bond motifs is 3. The number of carbonyl (C=O) groups excluding carboxylic acids is 3. The average Bonchev–Trinajstić information content (AvgIpc) is 3.32. The number of hydrogen-bond donors (Lipinski definition) is 1. The number of nitrogens with zero attached hydrogens (tertiary/aromatic N) is 5. The van der Waals surface area contributed by atoms with Crippen LogP contribution in [0.2, 0.25) is 0 Å². The quantitative estimate of drug-likeness (QED) is 0.694. The number of nitriles is 1. The van der Waals surface area contributed by atoms with Crippen molar-refractivity contribution in [2.24, 2.45) is 5.92 Å². The number of carbonyl (C=O) groups is 3. The molecule has 1 aromatic heterocycles. The molecule has 0 bridgehead atoms. The van der Waals surface area contributed by atoms with Crippen LogP contribution >= 0.6 is 0 Å². The topological polar surface area (TPSA) is 111 Å². The molecular formula is C28H32N6O3. The molecule has 6 rings (SSSR count). The fraction of sp³-hybridized carbons (Fsp3) is 0.536. The normalized spacial score (nSPS) is 25.6. The van der Waals surface area contributed by atoms with Crippen LogP contribution in [0.4, 0.5) is 5.69 Å². The summed E-state index contributed by atoms with van der Waals surface area (Å²) in [5.41, 5.74) is 1.79. The molecule has 1 saturated heterocycles. The van der Waals surface area contributed by atoms with Gasteiger partial charge in [-0.15, -0.1) is 0 Å². The van der Waals surface area contributed by atoms with Crippen molar-refractivity contribution in [2.75, 3.05) is 18.4 Å². The fourth-order valence-corrected chi connectivity index (χ4v) is 6.08. The molecule has 9 nitrogen and oxygen atoms in total. The Kier molecular flexibility index (Phi) is 5.23. The summed E-state index contributed by atoms with van der Waals surface area (Å²) in [6.45, 7) is 7.23. The van der Waals surface area contributed by atoms with E-state index in [0.717, 1.165) is 29.8 Å². The highest BCUT2D eigenvalue weighted by atomic mass is 16.2. The zero-order valence-electron chi connectivity index (χ0n) is 21.5. The van der Waals surface area contributed by atoms with Gasteiger partial charge in [0, 0.05) is 30.6 Å². The summed E-state index contributed by atoms with van der Waals surface area (Å²) in [4.78, 5) is 44.3. The maximum Gasteiger partial charge on any atom is 0.272 e. The Bertz CT molecular complexity index is 1350. The first kappa shape index (κ1) is 23.7. The van der Waals surface area contributed by atoms with E-state index in [1.165, 1.54) is 0 Å². The Morgan fingerprint density at radius 2 is 2.00 bits per heavy atom. The zero-order valence-corrected chi connectivity index (χ0v) is 21.5. The first-order valence-electron chi connectivity index (χ1n) is 13.1. The Hall–Kier alpha value is -3.67. The van der Waals surface area contributed by atoms with E-state index in [-0.39, 0.29) is 36.1 Å². The second-order valence-corrected chi connectivity index (χ2v) is 12.0. The van der Waals surface area contributed by atoms with Gasteiger partial charge in [0.25, 0.3) is 5.91 Å². The summed E-state index contributed by atoms with van der Waals surface area (Å²) in [5.74, 6) is -0.202. The molecule has 3 atom stereocenters. The Morgan fingerprint density at radius 3 is 2.70 bits per heavy atom. The number of amides is 3. The molecule has 1 aliphatic carbocycles. The number of benzene rings is 1. The molecule has 0 radical (unpaired) electrons. The summed E-state index contributed by atoms with van der Waals surface area (Å²) in [7, 11) is 0. The first-order chi connectivity index (χ1) is 17.6. The minimum absolute atomic E-state index is 0.141. The molecule has 192 valence electrons. The smallest absolute Gasteiger partial charge is 0.272 e. The van der Waals surface area contributed by atoms with Crippen LogP contribution in [0.5, 0.6) is 0 Å². The summed E-state index contributed by atoms with van der Waals surface area (Å²) < 4.78 is 1.75. The molecule has 4 heterocycles. The van der Waals surface area contributed by atoms with E-state index in [2.05, 4.69) is 37.3 Å². The fourth-order valence-electron chi connectivity index (χ4n) is 6.08. The maximum atomic E-state index is 14.2. The molecule has 2 fully saturated rings. The number of para-hydroxylation sites is 1. The average molecular weight is 501 g/mol. The van der Waals surface area contributed by atoms with E-state index >= 15 is 0 Å². The van der Waals surface area contributed by atoms with E-state index in [1.54, 1.807) is 14.5 Å².